The molecule has 0 aliphatic carbocycles. The summed E-state index contributed by atoms with van der Waals surface area (Å²) in [5.41, 5.74) is 3.49. The maximum Gasteiger partial charge on any atom is 0.191 e. The van der Waals surface area contributed by atoms with E-state index in [9.17, 15) is 0 Å². The molecule has 0 heterocycles. The lowest BCUT2D eigenvalue weighted by molar-refractivity contribution is 0.411. The molecule has 0 bridgehead atoms. The van der Waals surface area contributed by atoms with E-state index in [-0.39, 0.29) is 0 Å². The van der Waals surface area contributed by atoms with Crippen molar-refractivity contribution >= 4 is 5.96 Å². The molecule has 2 aromatic rings. The molecule has 0 fully saturated rings. The van der Waals surface area contributed by atoms with E-state index in [1.165, 1.54) is 5.56 Å². The Morgan fingerprint density at radius 2 is 1.83 bits per heavy atom. The summed E-state index contributed by atoms with van der Waals surface area (Å²) in [6.07, 6.45) is 0. The van der Waals surface area contributed by atoms with Gasteiger partial charge in [-0.25, -0.2) is 4.99 Å². The number of methoxy groups -OCH3 is 1. The maximum atomic E-state index is 5.37. The first kappa shape index (κ1) is 16.9. The Hall–Kier alpha value is -2.49. The summed E-state index contributed by atoms with van der Waals surface area (Å²) < 4.78 is 5.37. The first-order valence-corrected chi connectivity index (χ1v) is 7.92. The SMILES string of the molecule is CCNC(=NCc1ccc(C)c(OC)c1)NCc1ccccc1. The molecule has 0 spiro atoms. The molecule has 0 aliphatic heterocycles. The van der Waals surface area contributed by atoms with Gasteiger partial charge in [-0.15, -0.1) is 0 Å². The number of hydrogen-bond donors (Lipinski definition) is 2. The Bertz CT molecular complexity index is 638. The van der Waals surface area contributed by atoms with E-state index in [4.69, 9.17) is 4.74 Å². The van der Waals surface area contributed by atoms with E-state index in [0.717, 1.165) is 35.9 Å². The molecule has 0 atom stereocenters. The Morgan fingerprint density at radius 1 is 1.04 bits per heavy atom. The second-order valence-corrected chi connectivity index (χ2v) is 5.34. The highest BCUT2D eigenvalue weighted by atomic mass is 16.5. The van der Waals surface area contributed by atoms with Gasteiger partial charge in [0.15, 0.2) is 5.96 Å². The van der Waals surface area contributed by atoms with Gasteiger partial charge in [0, 0.05) is 13.1 Å². The highest BCUT2D eigenvalue weighted by molar-refractivity contribution is 5.79. The molecule has 2 aromatic carbocycles. The number of nitrogens with zero attached hydrogens (tertiary/aromatic N) is 1. The van der Waals surface area contributed by atoms with Gasteiger partial charge in [-0.1, -0.05) is 42.5 Å². The Balaban J connectivity index is 2.00. The smallest absolute Gasteiger partial charge is 0.191 e. The first-order chi connectivity index (χ1) is 11.2. The minimum Gasteiger partial charge on any atom is -0.496 e. The maximum absolute atomic E-state index is 5.37. The molecule has 4 nitrogen and oxygen atoms in total. The third kappa shape index (κ3) is 5.33. The van der Waals surface area contributed by atoms with Gasteiger partial charge in [-0.2, -0.15) is 0 Å². The van der Waals surface area contributed by atoms with Crippen molar-refractivity contribution in [3.63, 3.8) is 0 Å². The van der Waals surface area contributed by atoms with Crippen LogP contribution in [0.1, 0.15) is 23.6 Å². The fourth-order valence-electron chi connectivity index (χ4n) is 2.26. The standard InChI is InChI=1S/C19H25N3O/c1-4-20-19(21-13-16-8-6-5-7-9-16)22-14-17-11-10-15(2)18(12-17)23-3/h5-12H,4,13-14H2,1-3H3,(H2,20,21,22). The molecule has 23 heavy (non-hydrogen) atoms. The van der Waals surface area contributed by atoms with Gasteiger partial charge >= 0.3 is 0 Å². The average Bonchev–Trinajstić information content (AvgIpc) is 2.59. The van der Waals surface area contributed by atoms with Crippen LogP contribution in [0.5, 0.6) is 5.75 Å². The van der Waals surface area contributed by atoms with Crippen molar-refractivity contribution in [1.82, 2.24) is 10.6 Å². The number of nitrogens with one attached hydrogen (secondary N) is 2. The summed E-state index contributed by atoms with van der Waals surface area (Å²) in [5, 5.41) is 6.63. The predicted molar refractivity (Wildman–Crippen MR) is 95.8 cm³/mol. The zero-order valence-corrected chi connectivity index (χ0v) is 14.1. The van der Waals surface area contributed by atoms with Gasteiger partial charge in [-0.05, 0) is 36.6 Å². The fourth-order valence-corrected chi connectivity index (χ4v) is 2.26. The number of hydrogen-bond acceptors (Lipinski definition) is 2. The zero-order valence-electron chi connectivity index (χ0n) is 14.1. The largest absolute Gasteiger partial charge is 0.496 e. The molecular weight excluding hydrogens is 286 g/mol. The van der Waals surface area contributed by atoms with Gasteiger partial charge in [0.25, 0.3) is 0 Å². The summed E-state index contributed by atoms with van der Waals surface area (Å²) in [5.74, 6) is 1.72. The van der Waals surface area contributed by atoms with Crippen LogP contribution in [0.2, 0.25) is 0 Å². The summed E-state index contributed by atoms with van der Waals surface area (Å²) in [6, 6.07) is 16.5. The van der Waals surface area contributed by atoms with Crippen molar-refractivity contribution in [2.24, 2.45) is 4.99 Å². The van der Waals surface area contributed by atoms with E-state index in [0.29, 0.717) is 6.54 Å². The molecule has 0 unspecified atom stereocenters. The Morgan fingerprint density at radius 3 is 2.52 bits per heavy atom. The molecule has 0 saturated carbocycles. The Kier molecular flexibility index (Phi) is 6.48. The highest BCUT2D eigenvalue weighted by Gasteiger charge is 2.02. The summed E-state index contributed by atoms with van der Waals surface area (Å²) in [4.78, 5) is 4.64. The molecule has 122 valence electrons. The van der Waals surface area contributed by atoms with Gasteiger partial charge < -0.3 is 15.4 Å². The monoisotopic (exact) mass is 311 g/mol. The van der Waals surface area contributed by atoms with Gasteiger partial charge in [0.2, 0.25) is 0 Å². The second-order valence-electron chi connectivity index (χ2n) is 5.34. The first-order valence-electron chi connectivity index (χ1n) is 7.92. The minimum atomic E-state index is 0.612. The molecule has 2 N–H and O–H groups in total. The number of guanidine groups is 1. The van der Waals surface area contributed by atoms with Crippen molar-refractivity contribution in [2.75, 3.05) is 13.7 Å². The van der Waals surface area contributed by atoms with Crippen LogP contribution in [0.15, 0.2) is 53.5 Å². The van der Waals surface area contributed by atoms with Crippen LogP contribution in [-0.4, -0.2) is 19.6 Å². The van der Waals surface area contributed by atoms with E-state index in [1.54, 1.807) is 7.11 Å². The highest BCUT2D eigenvalue weighted by Crippen LogP contribution is 2.19. The van der Waals surface area contributed by atoms with Crippen LogP contribution in [-0.2, 0) is 13.1 Å². The van der Waals surface area contributed by atoms with Gasteiger partial charge in [0.1, 0.15) is 5.75 Å². The lowest BCUT2D eigenvalue weighted by Gasteiger charge is -2.12. The van der Waals surface area contributed by atoms with Crippen molar-refractivity contribution < 1.29 is 4.74 Å². The van der Waals surface area contributed by atoms with Gasteiger partial charge in [0.05, 0.1) is 13.7 Å². The normalized spacial score (nSPS) is 11.2. The van der Waals surface area contributed by atoms with E-state index < -0.39 is 0 Å². The Labute approximate surface area is 138 Å². The number of rotatable bonds is 6. The number of aliphatic imine (C=N–C) groups is 1. The quantitative estimate of drug-likeness (QED) is 0.636. The number of benzene rings is 2. The molecule has 0 aliphatic rings. The van der Waals surface area contributed by atoms with E-state index in [2.05, 4.69) is 46.8 Å². The molecule has 4 heteroatoms. The van der Waals surface area contributed by atoms with Gasteiger partial charge in [-0.3, -0.25) is 0 Å². The summed E-state index contributed by atoms with van der Waals surface area (Å²) in [6.45, 7) is 6.30. The second kappa shape index (κ2) is 8.83. The molecule has 0 amide bonds. The van der Waals surface area contributed by atoms with E-state index in [1.807, 2.05) is 31.2 Å². The third-order valence-electron chi connectivity index (χ3n) is 3.54. The lowest BCUT2D eigenvalue weighted by atomic mass is 10.1. The molecular formula is C19H25N3O. The van der Waals surface area contributed by atoms with Crippen LogP contribution in [0.25, 0.3) is 0 Å². The van der Waals surface area contributed by atoms with Crippen LogP contribution in [0.4, 0.5) is 0 Å². The topological polar surface area (TPSA) is 45.7 Å². The molecule has 2 rings (SSSR count). The van der Waals surface area contributed by atoms with E-state index >= 15 is 0 Å². The summed E-state index contributed by atoms with van der Waals surface area (Å²) in [7, 11) is 1.70. The van der Waals surface area contributed by atoms with Crippen molar-refractivity contribution in [3.8, 4) is 5.75 Å². The third-order valence-corrected chi connectivity index (χ3v) is 3.54. The van der Waals surface area contributed by atoms with Crippen molar-refractivity contribution in [2.45, 2.75) is 26.9 Å². The van der Waals surface area contributed by atoms with Crippen LogP contribution >= 0.6 is 0 Å². The fraction of sp³-hybridized carbons (Fsp3) is 0.316. The van der Waals surface area contributed by atoms with Crippen molar-refractivity contribution in [1.29, 1.82) is 0 Å². The van der Waals surface area contributed by atoms with Crippen molar-refractivity contribution in [3.05, 3.63) is 65.2 Å². The van der Waals surface area contributed by atoms with Crippen LogP contribution in [0, 0.1) is 6.92 Å². The minimum absolute atomic E-state index is 0.612. The predicted octanol–water partition coefficient (Wildman–Crippen LogP) is 3.26. The molecule has 0 saturated heterocycles. The number of ether oxygens (including phenoxy) is 1. The number of aryl methyl sites for hydroxylation is 1. The van der Waals surface area contributed by atoms with Crippen LogP contribution in [0.3, 0.4) is 0 Å². The van der Waals surface area contributed by atoms with Crippen LogP contribution < -0.4 is 15.4 Å². The molecule has 0 aromatic heterocycles. The molecule has 0 radical (unpaired) electrons. The zero-order chi connectivity index (χ0) is 16.5. The lowest BCUT2D eigenvalue weighted by Crippen LogP contribution is -2.36. The average molecular weight is 311 g/mol. The summed E-state index contributed by atoms with van der Waals surface area (Å²) >= 11 is 0.